The van der Waals surface area contributed by atoms with Gasteiger partial charge in [0.1, 0.15) is 0 Å². The molecule has 18 heavy (non-hydrogen) atoms. The van der Waals surface area contributed by atoms with Gasteiger partial charge in [0.25, 0.3) is 0 Å². The van der Waals surface area contributed by atoms with Gasteiger partial charge in [0.05, 0.1) is 11.7 Å². The fraction of sp³-hybridized carbons (Fsp3) is 0.769. The van der Waals surface area contributed by atoms with Crippen molar-refractivity contribution in [3.63, 3.8) is 0 Å². The fourth-order valence-corrected chi connectivity index (χ4v) is 2.51. The number of rotatable bonds is 9. The lowest BCUT2D eigenvalue weighted by Crippen LogP contribution is -2.17. The molecule has 0 aromatic carbocycles. The Balaban J connectivity index is 2.29. The summed E-state index contributed by atoms with van der Waals surface area (Å²) in [5, 5.41) is 7.91. The van der Waals surface area contributed by atoms with E-state index in [0.29, 0.717) is 6.04 Å². The van der Waals surface area contributed by atoms with E-state index in [0.717, 1.165) is 43.8 Å². The summed E-state index contributed by atoms with van der Waals surface area (Å²) in [7, 11) is -0.678. The minimum absolute atomic E-state index is 0.515. The average molecular weight is 271 g/mol. The first-order chi connectivity index (χ1) is 8.67. The number of hydrogen-bond acceptors (Lipinski definition) is 3. The minimum atomic E-state index is -0.678. The maximum atomic E-state index is 10.9. The first-order valence-electron chi connectivity index (χ1n) is 6.72. The second kappa shape index (κ2) is 8.43. The van der Waals surface area contributed by atoms with Crippen molar-refractivity contribution in [2.24, 2.45) is 0 Å². The molecule has 0 spiro atoms. The van der Waals surface area contributed by atoms with Gasteiger partial charge in [-0.1, -0.05) is 13.8 Å². The highest BCUT2D eigenvalue weighted by Crippen LogP contribution is 2.14. The molecule has 1 atom stereocenters. The van der Waals surface area contributed by atoms with Crippen LogP contribution in [0.25, 0.3) is 0 Å². The summed E-state index contributed by atoms with van der Waals surface area (Å²) in [4.78, 5) is 0. The molecule has 0 saturated heterocycles. The summed E-state index contributed by atoms with van der Waals surface area (Å²) in [6, 6.07) is 2.59. The molecule has 1 unspecified atom stereocenters. The number of nitrogens with one attached hydrogen (secondary N) is 1. The summed E-state index contributed by atoms with van der Waals surface area (Å²) in [5.74, 6) is 0.773. The van der Waals surface area contributed by atoms with E-state index < -0.39 is 10.8 Å². The Hall–Kier alpha value is -0.680. The molecule has 1 aromatic heterocycles. The van der Waals surface area contributed by atoms with E-state index in [-0.39, 0.29) is 0 Å². The van der Waals surface area contributed by atoms with Crippen LogP contribution in [-0.2, 0) is 17.3 Å². The number of hydrogen-bond donors (Lipinski definition) is 1. The van der Waals surface area contributed by atoms with Gasteiger partial charge in [-0.3, -0.25) is 8.89 Å². The molecule has 0 aliphatic rings. The van der Waals surface area contributed by atoms with Crippen LogP contribution in [0.3, 0.4) is 0 Å². The molecule has 5 heteroatoms. The molecular weight excluding hydrogens is 246 g/mol. The van der Waals surface area contributed by atoms with E-state index in [2.05, 4.69) is 41.2 Å². The lowest BCUT2D eigenvalue weighted by atomic mass is 10.2. The molecule has 0 radical (unpaired) electrons. The molecule has 0 saturated carbocycles. The predicted octanol–water partition coefficient (Wildman–Crippen LogP) is 2.10. The first kappa shape index (κ1) is 15.4. The van der Waals surface area contributed by atoms with Gasteiger partial charge in [-0.05, 0) is 31.9 Å². The first-order valence-corrected chi connectivity index (χ1v) is 8.44. The summed E-state index contributed by atoms with van der Waals surface area (Å²) < 4.78 is 13.0. The molecular formula is C13H25N3OS. The fourth-order valence-electron chi connectivity index (χ4n) is 1.95. The van der Waals surface area contributed by atoms with Crippen molar-refractivity contribution in [3.05, 3.63) is 18.0 Å². The van der Waals surface area contributed by atoms with Crippen LogP contribution in [0.5, 0.6) is 0 Å². The van der Waals surface area contributed by atoms with Crippen molar-refractivity contribution in [3.8, 4) is 0 Å². The van der Waals surface area contributed by atoms with Crippen LogP contribution in [0.4, 0.5) is 0 Å². The van der Waals surface area contributed by atoms with Gasteiger partial charge in [0, 0.05) is 35.5 Å². The molecule has 0 aliphatic carbocycles. The van der Waals surface area contributed by atoms with Crippen molar-refractivity contribution in [2.75, 3.05) is 18.6 Å². The summed E-state index contributed by atoms with van der Waals surface area (Å²) in [6.45, 7) is 6.08. The van der Waals surface area contributed by atoms with E-state index in [1.54, 1.807) is 6.26 Å². The third-order valence-corrected chi connectivity index (χ3v) is 3.94. The highest BCUT2D eigenvalue weighted by molar-refractivity contribution is 7.84. The molecule has 1 rings (SSSR count). The van der Waals surface area contributed by atoms with Crippen LogP contribution in [0, 0.1) is 0 Å². The highest BCUT2D eigenvalue weighted by atomic mass is 32.2. The second-order valence-corrected chi connectivity index (χ2v) is 6.12. The number of nitrogens with zero attached hydrogens (tertiary/aromatic N) is 2. The van der Waals surface area contributed by atoms with Crippen LogP contribution in [-0.4, -0.2) is 32.5 Å². The van der Waals surface area contributed by atoms with Crippen LogP contribution in [0.2, 0.25) is 0 Å². The maximum absolute atomic E-state index is 10.9. The van der Waals surface area contributed by atoms with Crippen molar-refractivity contribution in [1.29, 1.82) is 0 Å². The zero-order valence-corrected chi connectivity index (χ0v) is 12.5. The van der Waals surface area contributed by atoms with Gasteiger partial charge in [0.15, 0.2) is 0 Å². The molecule has 0 amide bonds. The van der Waals surface area contributed by atoms with Crippen LogP contribution in [0.15, 0.2) is 12.3 Å². The Morgan fingerprint density at radius 3 is 2.78 bits per heavy atom. The van der Waals surface area contributed by atoms with E-state index in [9.17, 15) is 4.21 Å². The standard InChI is InChI=1S/C13H25N3OS/c1-4-13(5-2)16-9-7-12(15-16)11-14-8-6-10-18(3)17/h7,9,13-14H,4-6,8,10-11H2,1-3H3. The summed E-state index contributed by atoms with van der Waals surface area (Å²) >= 11 is 0. The zero-order chi connectivity index (χ0) is 13.4. The SMILES string of the molecule is CCC(CC)n1ccc(CNCCCS(C)=O)n1. The Bertz CT molecular complexity index is 361. The van der Waals surface area contributed by atoms with Crippen molar-refractivity contribution >= 4 is 10.8 Å². The van der Waals surface area contributed by atoms with Gasteiger partial charge < -0.3 is 5.32 Å². The molecule has 1 N–H and O–H groups in total. The third kappa shape index (κ3) is 5.31. The molecule has 1 aromatic rings. The molecule has 1 heterocycles. The van der Waals surface area contributed by atoms with Gasteiger partial charge >= 0.3 is 0 Å². The molecule has 0 bridgehead atoms. The van der Waals surface area contributed by atoms with Gasteiger partial charge in [-0.15, -0.1) is 0 Å². The topological polar surface area (TPSA) is 46.9 Å². The van der Waals surface area contributed by atoms with E-state index in [4.69, 9.17) is 0 Å². The predicted molar refractivity (Wildman–Crippen MR) is 77.1 cm³/mol. The minimum Gasteiger partial charge on any atom is -0.311 e. The van der Waals surface area contributed by atoms with Crippen LogP contribution >= 0.6 is 0 Å². The van der Waals surface area contributed by atoms with Gasteiger partial charge in [0.2, 0.25) is 0 Å². The Kier molecular flexibility index (Phi) is 7.20. The maximum Gasteiger partial charge on any atom is 0.0762 e. The van der Waals surface area contributed by atoms with Crippen molar-refractivity contribution in [1.82, 2.24) is 15.1 Å². The second-order valence-electron chi connectivity index (χ2n) is 4.57. The van der Waals surface area contributed by atoms with E-state index in [1.807, 2.05) is 0 Å². The van der Waals surface area contributed by atoms with Gasteiger partial charge in [-0.25, -0.2) is 0 Å². The molecule has 0 fully saturated rings. The lowest BCUT2D eigenvalue weighted by Gasteiger charge is -2.12. The molecule has 0 aliphatic heterocycles. The third-order valence-electron chi connectivity index (χ3n) is 3.07. The number of aromatic nitrogens is 2. The van der Waals surface area contributed by atoms with Crippen molar-refractivity contribution in [2.45, 2.75) is 45.7 Å². The van der Waals surface area contributed by atoms with Crippen molar-refractivity contribution < 1.29 is 4.21 Å². The Labute approximate surface area is 113 Å². The smallest absolute Gasteiger partial charge is 0.0762 e. The summed E-state index contributed by atoms with van der Waals surface area (Å²) in [5.41, 5.74) is 1.08. The Morgan fingerprint density at radius 2 is 2.17 bits per heavy atom. The normalized spacial score (nSPS) is 13.1. The largest absolute Gasteiger partial charge is 0.311 e. The molecule has 4 nitrogen and oxygen atoms in total. The van der Waals surface area contributed by atoms with Crippen LogP contribution in [0.1, 0.15) is 44.8 Å². The lowest BCUT2D eigenvalue weighted by molar-refractivity contribution is 0.424. The quantitative estimate of drug-likeness (QED) is 0.700. The van der Waals surface area contributed by atoms with E-state index in [1.165, 1.54) is 0 Å². The zero-order valence-electron chi connectivity index (χ0n) is 11.7. The van der Waals surface area contributed by atoms with Gasteiger partial charge in [-0.2, -0.15) is 5.10 Å². The highest BCUT2D eigenvalue weighted by Gasteiger charge is 2.07. The summed E-state index contributed by atoms with van der Waals surface area (Å²) in [6.07, 6.45) is 7.00. The molecule has 104 valence electrons. The van der Waals surface area contributed by atoms with Crippen LogP contribution < -0.4 is 5.32 Å². The monoisotopic (exact) mass is 271 g/mol. The Morgan fingerprint density at radius 1 is 1.44 bits per heavy atom. The van der Waals surface area contributed by atoms with E-state index >= 15 is 0 Å². The average Bonchev–Trinajstić information content (AvgIpc) is 2.79.